The van der Waals surface area contributed by atoms with Crippen LogP contribution in [-0.4, -0.2) is 11.9 Å². The Bertz CT molecular complexity index is 581. The molecule has 2 aromatic carbocycles. The summed E-state index contributed by atoms with van der Waals surface area (Å²) in [5.74, 6) is 1.56. The highest BCUT2D eigenvalue weighted by atomic mass is 35.5. The van der Waals surface area contributed by atoms with E-state index in [0.717, 1.165) is 22.6 Å². The number of ether oxygens (including phenoxy) is 2. The summed E-state index contributed by atoms with van der Waals surface area (Å²) in [6.07, 6.45) is 0. The minimum Gasteiger partial charge on any atom is -0.506 e. The molecule has 0 aliphatic carbocycles. The first-order valence-electron chi connectivity index (χ1n) is 5.12. The summed E-state index contributed by atoms with van der Waals surface area (Å²) in [6, 6.07) is 10.8. The third-order valence-corrected chi connectivity index (χ3v) is 2.96. The van der Waals surface area contributed by atoms with E-state index in [9.17, 15) is 5.11 Å². The van der Waals surface area contributed by atoms with Crippen LogP contribution in [0.1, 0.15) is 0 Å². The summed E-state index contributed by atoms with van der Waals surface area (Å²) in [7, 11) is 0. The summed E-state index contributed by atoms with van der Waals surface area (Å²) in [4.78, 5) is 0. The number of hydrogen-bond acceptors (Lipinski definition) is 3. The van der Waals surface area contributed by atoms with Crippen molar-refractivity contribution in [1.29, 1.82) is 0 Å². The van der Waals surface area contributed by atoms with Crippen molar-refractivity contribution in [1.82, 2.24) is 0 Å². The molecule has 1 heterocycles. The van der Waals surface area contributed by atoms with Crippen molar-refractivity contribution in [2.75, 3.05) is 6.79 Å². The number of halogens is 1. The number of aromatic hydroxyl groups is 1. The molecule has 0 unspecified atom stereocenters. The highest BCUT2D eigenvalue weighted by Gasteiger charge is 2.14. The molecule has 0 aromatic heterocycles. The van der Waals surface area contributed by atoms with Crippen LogP contribution in [0.25, 0.3) is 11.1 Å². The van der Waals surface area contributed by atoms with Crippen LogP contribution in [0.15, 0.2) is 36.4 Å². The van der Waals surface area contributed by atoms with E-state index in [1.807, 2.05) is 18.2 Å². The largest absolute Gasteiger partial charge is 0.506 e. The number of rotatable bonds is 1. The molecule has 1 aliphatic heterocycles. The summed E-state index contributed by atoms with van der Waals surface area (Å²) >= 11 is 5.88. The second-order valence-corrected chi connectivity index (χ2v) is 4.14. The third-order valence-electron chi connectivity index (χ3n) is 2.65. The third kappa shape index (κ3) is 1.78. The van der Waals surface area contributed by atoms with Gasteiger partial charge in [0.05, 0.1) is 5.02 Å². The molecule has 2 aromatic rings. The van der Waals surface area contributed by atoms with Gasteiger partial charge in [-0.2, -0.15) is 0 Å². The molecule has 0 spiro atoms. The molecule has 1 aliphatic rings. The fourth-order valence-corrected chi connectivity index (χ4v) is 1.94. The van der Waals surface area contributed by atoms with E-state index in [-0.39, 0.29) is 12.5 Å². The van der Waals surface area contributed by atoms with Gasteiger partial charge in [-0.1, -0.05) is 23.7 Å². The second-order valence-electron chi connectivity index (χ2n) is 3.73. The highest BCUT2D eigenvalue weighted by Crippen LogP contribution is 2.37. The van der Waals surface area contributed by atoms with E-state index in [1.165, 1.54) is 0 Å². The first-order valence-corrected chi connectivity index (χ1v) is 5.50. The molecule has 0 amide bonds. The monoisotopic (exact) mass is 248 g/mol. The lowest BCUT2D eigenvalue weighted by atomic mass is 10.1. The van der Waals surface area contributed by atoms with E-state index in [0.29, 0.717) is 5.02 Å². The molecule has 4 heteroatoms. The fourth-order valence-electron chi connectivity index (χ4n) is 1.76. The molecule has 0 atom stereocenters. The zero-order valence-corrected chi connectivity index (χ0v) is 9.57. The molecule has 3 rings (SSSR count). The van der Waals surface area contributed by atoms with Gasteiger partial charge in [-0.15, -0.1) is 0 Å². The van der Waals surface area contributed by atoms with E-state index in [1.54, 1.807) is 18.2 Å². The Morgan fingerprint density at radius 2 is 1.65 bits per heavy atom. The molecule has 0 bridgehead atoms. The van der Waals surface area contributed by atoms with Crippen LogP contribution >= 0.6 is 11.6 Å². The maximum atomic E-state index is 9.37. The topological polar surface area (TPSA) is 38.7 Å². The Morgan fingerprint density at radius 3 is 2.47 bits per heavy atom. The summed E-state index contributed by atoms with van der Waals surface area (Å²) < 4.78 is 10.6. The fraction of sp³-hybridized carbons (Fsp3) is 0.0769. The molecule has 1 N–H and O–H groups in total. The average molecular weight is 249 g/mol. The van der Waals surface area contributed by atoms with Gasteiger partial charge in [0.25, 0.3) is 0 Å². The standard InChI is InChI=1S/C13H9ClO3/c14-10-5-8(1-3-11(10)15)9-2-4-12-13(6-9)17-7-16-12/h1-6,15H,7H2. The van der Waals surface area contributed by atoms with Crippen molar-refractivity contribution in [2.45, 2.75) is 0 Å². The van der Waals surface area contributed by atoms with Crippen LogP contribution in [-0.2, 0) is 0 Å². The zero-order chi connectivity index (χ0) is 11.8. The number of benzene rings is 2. The Morgan fingerprint density at radius 1 is 0.941 bits per heavy atom. The van der Waals surface area contributed by atoms with E-state index < -0.39 is 0 Å². The van der Waals surface area contributed by atoms with Gasteiger partial charge in [-0.3, -0.25) is 0 Å². The lowest BCUT2D eigenvalue weighted by molar-refractivity contribution is 0.174. The number of fused-ring (bicyclic) bond motifs is 1. The number of phenolic OH excluding ortho intramolecular Hbond substituents is 1. The maximum absolute atomic E-state index is 9.37. The minimum absolute atomic E-state index is 0.0798. The summed E-state index contributed by atoms with van der Waals surface area (Å²) in [5, 5.41) is 9.70. The van der Waals surface area contributed by atoms with E-state index in [2.05, 4.69) is 0 Å². The molecule has 17 heavy (non-hydrogen) atoms. The lowest BCUT2D eigenvalue weighted by Crippen LogP contribution is -1.92. The van der Waals surface area contributed by atoms with Gasteiger partial charge in [0.1, 0.15) is 5.75 Å². The predicted octanol–water partition coefficient (Wildman–Crippen LogP) is 3.44. The van der Waals surface area contributed by atoms with Crippen LogP contribution in [0.4, 0.5) is 0 Å². The Kier molecular flexibility index (Phi) is 2.34. The second kappa shape index (κ2) is 3.86. The van der Waals surface area contributed by atoms with Crippen molar-refractivity contribution in [3.8, 4) is 28.4 Å². The van der Waals surface area contributed by atoms with Crippen LogP contribution in [0.5, 0.6) is 17.2 Å². The van der Waals surface area contributed by atoms with Crippen molar-refractivity contribution < 1.29 is 14.6 Å². The van der Waals surface area contributed by atoms with Gasteiger partial charge in [0.2, 0.25) is 6.79 Å². The Hall–Kier alpha value is -1.87. The molecule has 3 nitrogen and oxygen atoms in total. The van der Waals surface area contributed by atoms with Crippen molar-refractivity contribution >= 4 is 11.6 Å². The van der Waals surface area contributed by atoms with Crippen molar-refractivity contribution in [3.63, 3.8) is 0 Å². The molecule has 0 saturated heterocycles. The lowest BCUT2D eigenvalue weighted by Gasteiger charge is -2.05. The maximum Gasteiger partial charge on any atom is 0.231 e. The summed E-state index contributed by atoms with van der Waals surface area (Å²) in [5.41, 5.74) is 1.89. The average Bonchev–Trinajstić information content (AvgIpc) is 2.79. The van der Waals surface area contributed by atoms with Gasteiger partial charge in [-0.25, -0.2) is 0 Å². The van der Waals surface area contributed by atoms with Gasteiger partial charge >= 0.3 is 0 Å². The number of phenols is 1. The van der Waals surface area contributed by atoms with Crippen molar-refractivity contribution in [2.24, 2.45) is 0 Å². The molecule has 0 fully saturated rings. The van der Waals surface area contributed by atoms with Crippen LogP contribution in [0.2, 0.25) is 5.02 Å². The first-order chi connectivity index (χ1) is 8.24. The van der Waals surface area contributed by atoms with Crippen LogP contribution in [0, 0.1) is 0 Å². The van der Waals surface area contributed by atoms with Gasteiger partial charge in [0, 0.05) is 0 Å². The molecular formula is C13H9ClO3. The quantitative estimate of drug-likeness (QED) is 0.840. The summed E-state index contributed by atoms with van der Waals surface area (Å²) in [6.45, 7) is 0.259. The zero-order valence-electron chi connectivity index (χ0n) is 8.81. The van der Waals surface area contributed by atoms with Gasteiger partial charge in [0.15, 0.2) is 11.5 Å². The van der Waals surface area contributed by atoms with Crippen molar-refractivity contribution in [3.05, 3.63) is 41.4 Å². The highest BCUT2D eigenvalue weighted by molar-refractivity contribution is 6.32. The molecule has 0 saturated carbocycles. The van der Waals surface area contributed by atoms with E-state index >= 15 is 0 Å². The normalized spacial score (nSPS) is 12.8. The Labute approximate surface area is 103 Å². The molecular weight excluding hydrogens is 240 g/mol. The van der Waals surface area contributed by atoms with Gasteiger partial charge in [-0.05, 0) is 35.4 Å². The minimum atomic E-state index is 0.0798. The first kappa shape index (κ1) is 10.3. The Balaban J connectivity index is 2.06. The van der Waals surface area contributed by atoms with Gasteiger partial charge < -0.3 is 14.6 Å². The van der Waals surface area contributed by atoms with Crippen LogP contribution < -0.4 is 9.47 Å². The van der Waals surface area contributed by atoms with E-state index in [4.69, 9.17) is 21.1 Å². The smallest absolute Gasteiger partial charge is 0.231 e. The van der Waals surface area contributed by atoms with Crippen LogP contribution in [0.3, 0.4) is 0 Å². The predicted molar refractivity (Wildman–Crippen MR) is 64.7 cm³/mol. The number of hydrogen-bond donors (Lipinski definition) is 1. The molecule has 0 radical (unpaired) electrons. The SMILES string of the molecule is Oc1ccc(-c2ccc3c(c2)OCO3)cc1Cl. The molecule has 86 valence electrons.